The SMILES string of the molecule is CC1=CC(=C2C=CC(N)(NC3CCCCC3)C(C)=C2C2CCCCC2)C=CC1(N)N. The van der Waals surface area contributed by atoms with E-state index in [1.54, 1.807) is 0 Å². The van der Waals surface area contributed by atoms with Gasteiger partial charge >= 0.3 is 0 Å². The Bertz CT molecular complexity index is 814. The van der Waals surface area contributed by atoms with E-state index in [2.05, 4.69) is 36.5 Å². The Morgan fingerprint density at radius 2 is 1.47 bits per heavy atom. The molecular weight excluding hydrogens is 368 g/mol. The summed E-state index contributed by atoms with van der Waals surface area (Å²) in [5.74, 6) is 0.576. The largest absolute Gasteiger partial charge is 0.307 e. The standard InChI is InChI=1S/C26H40N4/c1-18-17-21(13-15-25(18,27)28)23-14-16-26(29,30-22-11-7-4-8-12-22)19(2)24(23)20-9-5-3-6-10-20/h13-17,20,22,30H,3-12,27-29H2,1-2H3. The molecule has 0 spiro atoms. The van der Waals surface area contributed by atoms with Gasteiger partial charge in [-0.2, -0.15) is 0 Å². The van der Waals surface area contributed by atoms with Gasteiger partial charge in [0.1, 0.15) is 11.3 Å². The molecule has 4 aliphatic rings. The summed E-state index contributed by atoms with van der Waals surface area (Å²) in [7, 11) is 0. The lowest BCUT2D eigenvalue weighted by atomic mass is 9.72. The van der Waals surface area contributed by atoms with Crippen LogP contribution in [0.15, 0.2) is 58.2 Å². The van der Waals surface area contributed by atoms with E-state index < -0.39 is 11.3 Å². The van der Waals surface area contributed by atoms with Gasteiger partial charge in [-0.3, -0.25) is 5.32 Å². The highest BCUT2D eigenvalue weighted by Crippen LogP contribution is 2.42. The lowest BCUT2D eigenvalue weighted by Gasteiger charge is -2.41. The Morgan fingerprint density at radius 1 is 0.833 bits per heavy atom. The summed E-state index contributed by atoms with van der Waals surface area (Å²) in [6.07, 6.45) is 23.5. The molecule has 30 heavy (non-hydrogen) atoms. The number of hydrogen-bond donors (Lipinski definition) is 4. The van der Waals surface area contributed by atoms with Crippen LogP contribution in [-0.4, -0.2) is 17.4 Å². The van der Waals surface area contributed by atoms with E-state index in [0.717, 1.165) is 5.57 Å². The summed E-state index contributed by atoms with van der Waals surface area (Å²) in [4.78, 5) is 0. The third-order valence-corrected chi connectivity index (χ3v) is 7.79. The van der Waals surface area contributed by atoms with Gasteiger partial charge in [-0.25, -0.2) is 0 Å². The van der Waals surface area contributed by atoms with E-state index >= 15 is 0 Å². The molecule has 0 aromatic rings. The van der Waals surface area contributed by atoms with E-state index in [1.165, 1.54) is 86.5 Å². The zero-order valence-electron chi connectivity index (χ0n) is 18.8. The molecule has 7 N–H and O–H groups in total. The lowest BCUT2D eigenvalue weighted by Crippen LogP contribution is -2.58. The summed E-state index contributed by atoms with van der Waals surface area (Å²) in [5.41, 5.74) is 24.3. The van der Waals surface area contributed by atoms with Crippen molar-refractivity contribution < 1.29 is 0 Å². The molecule has 0 radical (unpaired) electrons. The number of nitrogens with one attached hydrogen (secondary N) is 1. The van der Waals surface area contributed by atoms with Crippen molar-refractivity contribution in [1.82, 2.24) is 5.32 Å². The smallest absolute Gasteiger partial charge is 0.108 e. The topological polar surface area (TPSA) is 90.1 Å². The first-order valence-electron chi connectivity index (χ1n) is 12.0. The fourth-order valence-corrected chi connectivity index (χ4v) is 5.70. The molecule has 0 aliphatic heterocycles. The normalized spacial score (nSPS) is 33.2. The fourth-order valence-electron chi connectivity index (χ4n) is 5.70. The Balaban J connectivity index is 1.74. The second kappa shape index (κ2) is 8.58. The molecule has 1 unspecified atom stereocenters. The Labute approximate surface area is 182 Å². The van der Waals surface area contributed by atoms with Gasteiger partial charge in [0.05, 0.1) is 0 Å². The Morgan fingerprint density at radius 3 is 2.10 bits per heavy atom. The number of hydrogen-bond acceptors (Lipinski definition) is 4. The van der Waals surface area contributed by atoms with Crippen LogP contribution in [0, 0.1) is 5.92 Å². The van der Waals surface area contributed by atoms with Crippen LogP contribution >= 0.6 is 0 Å². The van der Waals surface area contributed by atoms with Crippen LogP contribution in [0.3, 0.4) is 0 Å². The average molecular weight is 409 g/mol. The molecule has 0 aromatic carbocycles. The first-order chi connectivity index (χ1) is 14.3. The van der Waals surface area contributed by atoms with Gasteiger partial charge in [-0.05, 0) is 85.5 Å². The minimum absolute atomic E-state index is 0.511. The van der Waals surface area contributed by atoms with Crippen LogP contribution in [0.2, 0.25) is 0 Å². The van der Waals surface area contributed by atoms with Crippen LogP contribution in [0.1, 0.15) is 78.1 Å². The molecule has 0 amide bonds. The minimum atomic E-state index is -0.855. The van der Waals surface area contributed by atoms with Crippen molar-refractivity contribution in [2.45, 2.75) is 95.4 Å². The van der Waals surface area contributed by atoms with Crippen LogP contribution in [0.25, 0.3) is 0 Å². The van der Waals surface area contributed by atoms with Gasteiger partial charge < -0.3 is 17.2 Å². The van der Waals surface area contributed by atoms with Crippen molar-refractivity contribution >= 4 is 0 Å². The molecule has 2 saturated carbocycles. The predicted molar refractivity (Wildman–Crippen MR) is 126 cm³/mol. The van der Waals surface area contributed by atoms with Gasteiger partial charge in [-0.1, -0.05) is 56.8 Å². The van der Waals surface area contributed by atoms with E-state index in [4.69, 9.17) is 17.2 Å². The zero-order chi connectivity index (χ0) is 21.4. The lowest BCUT2D eigenvalue weighted by molar-refractivity contribution is 0.311. The first kappa shape index (κ1) is 21.8. The highest BCUT2D eigenvalue weighted by atomic mass is 15.1. The van der Waals surface area contributed by atoms with Gasteiger partial charge in [0.25, 0.3) is 0 Å². The molecular formula is C26H40N4. The quantitative estimate of drug-likeness (QED) is 0.519. The van der Waals surface area contributed by atoms with Gasteiger partial charge in [0.15, 0.2) is 0 Å². The minimum Gasteiger partial charge on any atom is -0.307 e. The van der Waals surface area contributed by atoms with Crippen LogP contribution in [0.5, 0.6) is 0 Å². The molecule has 0 saturated heterocycles. The molecule has 4 nitrogen and oxygen atoms in total. The molecule has 0 heterocycles. The van der Waals surface area contributed by atoms with Gasteiger partial charge in [0.2, 0.25) is 0 Å². The van der Waals surface area contributed by atoms with E-state index in [1.807, 2.05) is 13.0 Å². The second-order valence-corrected chi connectivity index (χ2v) is 10.0. The summed E-state index contributed by atoms with van der Waals surface area (Å²) in [5, 5.41) is 3.84. The molecule has 4 aliphatic carbocycles. The predicted octanol–water partition coefficient (Wildman–Crippen LogP) is 4.46. The summed E-state index contributed by atoms with van der Waals surface area (Å²) < 4.78 is 0. The van der Waals surface area contributed by atoms with Gasteiger partial charge in [-0.15, -0.1) is 0 Å². The Kier molecular flexibility index (Phi) is 6.23. The van der Waals surface area contributed by atoms with Crippen molar-refractivity contribution in [3.63, 3.8) is 0 Å². The highest BCUT2D eigenvalue weighted by Gasteiger charge is 2.36. The highest BCUT2D eigenvalue weighted by molar-refractivity contribution is 5.61. The maximum absolute atomic E-state index is 7.04. The molecule has 1 atom stereocenters. The van der Waals surface area contributed by atoms with Crippen LogP contribution in [0.4, 0.5) is 0 Å². The Hall–Kier alpha value is -1.46. The summed E-state index contributed by atoms with van der Waals surface area (Å²) in [6.45, 7) is 4.27. The molecule has 0 bridgehead atoms. The van der Waals surface area contributed by atoms with Gasteiger partial charge in [0, 0.05) is 6.04 Å². The number of nitrogens with two attached hydrogens (primary N) is 3. The van der Waals surface area contributed by atoms with Crippen molar-refractivity contribution in [3.05, 3.63) is 58.2 Å². The fraction of sp³-hybridized carbons (Fsp3) is 0.615. The zero-order valence-corrected chi connectivity index (χ0v) is 18.8. The maximum atomic E-state index is 7.04. The molecule has 164 valence electrons. The average Bonchev–Trinajstić information content (AvgIpc) is 2.73. The van der Waals surface area contributed by atoms with Crippen LogP contribution in [-0.2, 0) is 0 Å². The van der Waals surface area contributed by atoms with Crippen molar-refractivity contribution in [3.8, 4) is 0 Å². The van der Waals surface area contributed by atoms with Crippen molar-refractivity contribution in [2.24, 2.45) is 23.1 Å². The van der Waals surface area contributed by atoms with E-state index in [-0.39, 0.29) is 0 Å². The van der Waals surface area contributed by atoms with E-state index in [0.29, 0.717) is 12.0 Å². The first-order valence-corrected chi connectivity index (χ1v) is 12.0. The number of rotatable bonds is 3. The molecule has 4 rings (SSSR count). The monoisotopic (exact) mass is 408 g/mol. The number of allylic oxidation sites excluding steroid dienone is 6. The third-order valence-electron chi connectivity index (χ3n) is 7.79. The third kappa shape index (κ3) is 4.29. The summed E-state index contributed by atoms with van der Waals surface area (Å²) in [6, 6.07) is 0.511. The molecule has 2 fully saturated rings. The second-order valence-electron chi connectivity index (χ2n) is 10.0. The molecule has 0 aromatic heterocycles. The van der Waals surface area contributed by atoms with Crippen molar-refractivity contribution in [1.29, 1.82) is 0 Å². The van der Waals surface area contributed by atoms with Crippen LogP contribution < -0.4 is 22.5 Å². The maximum Gasteiger partial charge on any atom is 0.108 e. The van der Waals surface area contributed by atoms with Crippen molar-refractivity contribution in [2.75, 3.05) is 0 Å². The molecule has 4 heteroatoms. The summed E-state index contributed by atoms with van der Waals surface area (Å²) >= 11 is 0. The van der Waals surface area contributed by atoms with E-state index in [9.17, 15) is 0 Å².